The smallest absolute Gasteiger partial charge is 0.224 e. The third kappa shape index (κ3) is 5.34. The molecule has 0 radical (unpaired) electrons. The van der Waals surface area contributed by atoms with Crippen molar-refractivity contribution in [3.8, 4) is 0 Å². The van der Waals surface area contributed by atoms with Crippen LogP contribution in [0, 0.1) is 11.7 Å². The predicted molar refractivity (Wildman–Crippen MR) is 81.5 cm³/mol. The Balaban J connectivity index is 1.56. The molecule has 1 fully saturated rings. The van der Waals surface area contributed by atoms with Gasteiger partial charge in [-0.25, -0.2) is 4.39 Å². The minimum absolute atomic E-state index is 0.129. The molecule has 4 nitrogen and oxygen atoms in total. The lowest BCUT2D eigenvalue weighted by Crippen LogP contribution is -2.15. The number of nitrogens with one attached hydrogen (secondary N) is 1. The number of ether oxygens (including phenoxy) is 1. The van der Waals surface area contributed by atoms with Crippen LogP contribution in [-0.4, -0.2) is 19.1 Å². The Kier molecular flexibility index (Phi) is 5.99. The summed E-state index contributed by atoms with van der Waals surface area (Å²) in [6, 6.07) is 3.94. The molecule has 0 atom stereocenters. The van der Waals surface area contributed by atoms with E-state index < -0.39 is 5.82 Å². The van der Waals surface area contributed by atoms with Gasteiger partial charge in [-0.3, -0.25) is 4.79 Å². The van der Waals surface area contributed by atoms with Gasteiger partial charge < -0.3 is 15.8 Å². The molecule has 1 amide bonds. The fourth-order valence-electron chi connectivity index (χ4n) is 2.33. The van der Waals surface area contributed by atoms with Gasteiger partial charge in [-0.15, -0.1) is 0 Å². The van der Waals surface area contributed by atoms with Gasteiger partial charge in [0.05, 0.1) is 11.4 Å². The molecule has 1 aliphatic rings. The van der Waals surface area contributed by atoms with Crippen molar-refractivity contribution >= 4 is 17.3 Å². The van der Waals surface area contributed by atoms with Gasteiger partial charge in [0.15, 0.2) is 0 Å². The zero-order valence-corrected chi connectivity index (χ0v) is 12.2. The van der Waals surface area contributed by atoms with Crippen LogP contribution < -0.4 is 11.1 Å². The zero-order valence-electron chi connectivity index (χ0n) is 12.2. The molecule has 0 saturated heterocycles. The predicted octanol–water partition coefficient (Wildman–Crippen LogP) is 3.33. The number of carbonyl (C=O) groups excluding carboxylic acids is 1. The van der Waals surface area contributed by atoms with E-state index in [9.17, 15) is 9.18 Å². The summed E-state index contributed by atoms with van der Waals surface area (Å²) in [5.41, 5.74) is 6.32. The molecule has 5 heteroatoms. The Morgan fingerprint density at radius 3 is 2.86 bits per heavy atom. The van der Waals surface area contributed by atoms with E-state index in [1.165, 1.54) is 37.5 Å². The highest BCUT2D eigenvalue weighted by atomic mass is 19.1. The molecular formula is C16H23FN2O2. The van der Waals surface area contributed by atoms with Crippen LogP contribution in [0.4, 0.5) is 15.8 Å². The normalized spacial score (nSPS) is 14.7. The van der Waals surface area contributed by atoms with E-state index in [0.29, 0.717) is 25.1 Å². The molecule has 21 heavy (non-hydrogen) atoms. The van der Waals surface area contributed by atoms with Crippen molar-refractivity contribution in [3.63, 3.8) is 0 Å². The largest absolute Gasteiger partial charge is 0.397 e. The standard InChI is InChI=1S/C16H23FN2O2/c17-13-6-7-15(14(18)11-13)19-16(20)5-2-9-21-10-8-12-3-1-4-12/h6-7,11-12H,1-5,8-10,18H2,(H,19,20). The summed E-state index contributed by atoms with van der Waals surface area (Å²) in [4.78, 5) is 11.7. The number of anilines is 2. The summed E-state index contributed by atoms with van der Waals surface area (Å²) in [5, 5.41) is 2.68. The van der Waals surface area contributed by atoms with E-state index in [1.807, 2.05) is 0 Å². The number of hydrogen-bond donors (Lipinski definition) is 2. The third-order valence-electron chi connectivity index (χ3n) is 3.88. The third-order valence-corrected chi connectivity index (χ3v) is 3.88. The second kappa shape index (κ2) is 7.98. The lowest BCUT2D eigenvalue weighted by Gasteiger charge is -2.24. The van der Waals surface area contributed by atoms with E-state index in [4.69, 9.17) is 10.5 Å². The van der Waals surface area contributed by atoms with Gasteiger partial charge >= 0.3 is 0 Å². The minimum atomic E-state index is -0.412. The first-order valence-corrected chi connectivity index (χ1v) is 7.58. The Bertz CT molecular complexity index is 475. The lowest BCUT2D eigenvalue weighted by atomic mass is 9.83. The van der Waals surface area contributed by atoms with Crippen LogP contribution in [0.5, 0.6) is 0 Å². The maximum absolute atomic E-state index is 12.9. The summed E-state index contributed by atoms with van der Waals surface area (Å²) in [5.74, 6) is 0.316. The number of hydrogen-bond acceptors (Lipinski definition) is 3. The lowest BCUT2D eigenvalue weighted by molar-refractivity contribution is -0.116. The number of benzene rings is 1. The quantitative estimate of drug-likeness (QED) is 0.571. The van der Waals surface area contributed by atoms with E-state index in [0.717, 1.165) is 18.9 Å². The van der Waals surface area contributed by atoms with Crippen LogP contribution in [0.15, 0.2) is 18.2 Å². The van der Waals surface area contributed by atoms with Gasteiger partial charge in [0.1, 0.15) is 5.82 Å². The number of nitrogens with two attached hydrogens (primary N) is 1. The summed E-state index contributed by atoms with van der Waals surface area (Å²) >= 11 is 0. The summed E-state index contributed by atoms with van der Waals surface area (Å²) in [7, 11) is 0. The average Bonchev–Trinajstić information content (AvgIpc) is 2.39. The number of amides is 1. The fourth-order valence-corrected chi connectivity index (χ4v) is 2.33. The van der Waals surface area contributed by atoms with Crippen LogP contribution >= 0.6 is 0 Å². The van der Waals surface area contributed by atoms with Gasteiger partial charge in [-0.05, 0) is 37.0 Å². The average molecular weight is 294 g/mol. The van der Waals surface area contributed by atoms with Crippen molar-refractivity contribution in [3.05, 3.63) is 24.0 Å². The summed E-state index contributed by atoms with van der Waals surface area (Å²) in [6.07, 6.45) is 6.23. The van der Waals surface area contributed by atoms with Gasteiger partial charge in [0, 0.05) is 19.6 Å². The van der Waals surface area contributed by atoms with Crippen LogP contribution in [-0.2, 0) is 9.53 Å². The molecule has 1 aliphatic carbocycles. The second-order valence-corrected chi connectivity index (χ2v) is 5.58. The molecule has 1 aromatic rings. The summed E-state index contributed by atoms with van der Waals surface area (Å²) in [6.45, 7) is 1.39. The number of nitrogen functional groups attached to an aromatic ring is 1. The first-order valence-electron chi connectivity index (χ1n) is 7.58. The van der Waals surface area contributed by atoms with Crippen molar-refractivity contribution in [2.24, 2.45) is 5.92 Å². The molecule has 3 N–H and O–H groups in total. The van der Waals surface area contributed by atoms with Crippen LogP contribution in [0.3, 0.4) is 0 Å². The van der Waals surface area contributed by atoms with E-state index in [2.05, 4.69) is 5.32 Å². The first kappa shape index (κ1) is 15.8. The van der Waals surface area contributed by atoms with Crippen molar-refractivity contribution in [1.29, 1.82) is 0 Å². The maximum atomic E-state index is 12.9. The Hall–Kier alpha value is -1.62. The van der Waals surface area contributed by atoms with Gasteiger partial charge in [-0.2, -0.15) is 0 Å². The highest BCUT2D eigenvalue weighted by Crippen LogP contribution is 2.29. The van der Waals surface area contributed by atoms with E-state index in [1.54, 1.807) is 0 Å². The molecule has 0 aliphatic heterocycles. The number of rotatable bonds is 8. The molecular weight excluding hydrogens is 271 g/mol. The summed E-state index contributed by atoms with van der Waals surface area (Å²) < 4.78 is 18.4. The van der Waals surface area contributed by atoms with Crippen LogP contribution in [0.25, 0.3) is 0 Å². The Morgan fingerprint density at radius 1 is 1.38 bits per heavy atom. The van der Waals surface area contributed by atoms with Crippen molar-refractivity contribution < 1.29 is 13.9 Å². The van der Waals surface area contributed by atoms with Crippen molar-refractivity contribution in [2.45, 2.75) is 38.5 Å². The molecule has 116 valence electrons. The Labute approximate surface area is 124 Å². The SMILES string of the molecule is Nc1cc(F)ccc1NC(=O)CCCOCCC1CCC1. The molecule has 0 heterocycles. The molecule has 1 saturated carbocycles. The molecule has 0 aromatic heterocycles. The molecule has 2 rings (SSSR count). The number of halogens is 1. The molecule has 0 bridgehead atoms. The van der Waals surface area contributed by atoms with Gasteiger partial charge in [0.2, 0.25) is 5.91 Å². The Morgan fingerprint density at radius 2 is 2.19 bits per heavy atom. The molecule has 1 aromatic carbocycles. The topological polar surface area (TPSA) is 64.3 Å². The minimum Gasteiger partial charge on any atom is -0.397 e. The van der Waals surface area contributed by atoms with Crippen molar-refractivity contribution in [1.82, 2.24) is 0 Å². The van der Waals surface area contributed by atoms with Crippen molar-refractivity contribution in [2.75, 3.05) is 24.3 Å². The van der Waals surface area contributed by atoms with Crippen LogP contribution in [0.2, 0.25) is 0 Å². The molecule has 0 spiro atoms. The van der Waals surface area contributed by atoms with E-state index >= 15 is 0 Å². The highest BCUT2D eigenvalue weighted by molar-refractivity contribution is 5.93. The maximum Gasteiger partial charge on any atom is 0.224 e. The highest BCUT2D eigenvalue weighted by Gasteiger charge is 2.16. The fraction of sp³-hybridized carbons (Fsp3) is 0.562. The zero-order chi connectivity index (χ0) is 15.1. The van der Waals surface area contributed by atoms with Gasteiger partial charge in [-0.1, -0.05) is 19.3 Å². The van der Waals surface area contributed by atoms with Crippen LogP contribution in [0.1, 0.15) is 38.5 Å². The molecule has 0 unspecified atom stereocenters. The van der Waals surface area contributed by atoms with Gasteiger partial charge in [0.25, 0.3) is 0 Å². The number of carbonyl (C=O) groups is 1. The monoisotopic (exact) mass is 294 g/mol. The second-order valence-electron chi connectivity index (χ2n) is 5.58. The first-order chi connectivity index (χ1) is 10.1. The van der Waals surface area contributed by atoms with E-state index in [-0.39, 0.29) is 11.6 Å².